The lowest BCUT2D eigenvalue weighted by Gasteiger charge is -2.52. The van der Waals surface area contributed by atoms with Gasteiger partial charge in [-0.15, -0.1) is 0 Å². The summed E-state index contributed by atoms with van der Waals surface area (Å²) < 4.78 is 16.4. The van der Waals surface area contributed by atoms with E-state index >= 15 is 0 Å². The molecule has 1 unspecified atom stereocenters. The number of hydrogen-bond donors (Lipinski definition) is 0. The first-order valence-corrected chi connectivity index (χ1v) is 7.07. The van der Waals surface area contributed by atoms with Gasteiger partial charge in [0.25, 0.3) is 5.91 Å². The van der Waals surface area contributed by atoms with E-state index in [2.05, 4.69) is 5.16 Å². The Morgan fingerprint density at radius 1 is 1.60 bits per heavy atom. The average molecular weight is 280 g/mol. The van der Waals surface area contributed by atoms with Crippen LogP contribution in [0.15, 0.2) is 10.7 Å². The lowest BCUT2D eigenvalue weighted by molar-refractivity contribution is -0.181. The van der Waals surface area contributed by atoms with Crippen molar-refractivity contribution in [1.82, 2.24) is 10.1 Å². The van der Waals surface area contributed by atoms with E-state index in [0.29, 0.717) is 37.4 Å². The predicted molar refractivity (Wildman–Crippen MR) is 70.5 cm³/mol. The molecule has 0 aliphatic carbocycles. The monoisotopic (exact) mass is 280 g/mol. The molecule has 6 nitrogen and oxygen atoms in total. The molecule has 2 aliphatic heterocycles. The predicted octanol–water partition coefficient (Wildman–Crippen LogP) is 1.26. The molecule has 110 valence electrons. The summed E-state index contributed by atoms with van der Waals surface area (Å²) in [6.45, 7) is 3.90. The van der Waals surface area contributed by atoms with Gasteiger partial charge in [0.2, 0.25) is 0 Å². The molecule has 2 fully saturated rings. The molecule has 3 rings (SSSR count). The van der Waals surface area contributed by atoms with Crippen molar-refractivity contribution in [2.75, 3.05) is 26.8 Å². The number of likely N-dealkylation sites (tertiary alicyclic amines) is 1. The zero-order chi connectivity index (χ0) is 14.2. The van der Waals surface area contributed by atoms with Gasteiger partial charge in [-0.2, -0.15) is 0 Å². The fraction of sp³-hybridized carbons (Fsp3) is 0.714. The maximum absolute atomic E-state index is 12.4. The summed E-state index contributed by atoms with van der Waals surface area (Å²) in [6.07, 6.45) is 4.20. The van der Waals surface area contributed by atoms with E-state index in [-0.39, 0.29) is 17.6 Å². The molecular weight excluding hydrogens is 260 g/mol. The molecular formula is C14H20N2O4. The van der Waals surface area contributed by atoms with Crippen molar-refractivity contribution in [2.45, 2.75) is 37.9 Å². The van der Waals surface area contributed by atoms with Gasteiger partial charge in [0.1, 0.15) is 16.9 Å². The van der Waals surface area contributed by atoms with Crippen LogP contribution in [-0.2, 0) is 15.9 Å². The lowest BCUT2D eigenvalue weighted by atomic mass is 9.84. The third-order valence-electron chi connectivity index (χ3n) is 4.22. The second-order valence-corrected chi connectivity index (χ2v) is 5.56. The van der Waals surface area contributed by atoms with Crippen LogP contribution in [0.5, 0.6) is 0 Å². The maximum atomic E-state index is 12.4. The second-order valence-electron chi connectivity index (χ2n) is 5.56. The molecule has 0 bridgehead atoms. The number of rotatable bonds is 3. The number of aryl methyl sites for hydroxylation is 1. The van der Waals surface area contributed by atoms with Crippen LogP contribution < -0.4 is 0 Å². The van der Waals surface area contributed by atoms with Crippen LogP contribution in [0.3, 0.4) is 0 Å². The standard InChI is InChI=1S/C14H20N2O4/c1-3-12-11(7-15-20-12)13(17)16-8-14(9-16)6-10(18-2)4-5-19-14/h7,10H,3-6,8-9H2,1-2H3. The third kappa shape index (κ3) is 2.23. The molecule has 20 heavy (non-hydrogen) atoms. The van der Waals surface area contributed by atoms with Gasteiger partial charge in [-0.05, 0) is 6.42 Å². The Bertz CT molecular complexity index is 493. The Hall–Kier alpha value is -1.40. The first-order chi connectivity index (χ1) is 9.67. The summed E-state index contributed by atoms with van der Waals surface area (Å²) in [5.74, 6) is 0.632. The number of methoxy groups -OCH3 is 1. The van der Waals surface area contributed by atoms with Crippen LogP contribution in [-0.4, -0.2) is 54.5 Å². The highest BCUT2D eigenvalue weighted by atomic mass is 16.5. The Kier molecular flexibility index (Phi) is 3.52. The molecule has 0 radical (unpaired) electrons. The Morgan fingerprint density at radius 3 is 3.10 bits per heavy atom. The van der Waals surface area contributed by atoms with Crippen LogP contribution in [0.2, 0.25) is 0 Å². The zero-order valence-corrected chi connectivity index (χ0v) is 11.9. The Morgan fingerprint density at radius 2 is 2.40 bits per heavy atom. The molecule has 2 aliphatic rings. The number of carbonyl (C=O) groups excluding carboxylic acids is 1. The van der Waals surface area contributed by atoms with Crippen LogP contribution in [0.4, 0.5) is 0 Å². The summed E-state index contributed by atoms with van der Waals surface area (Å²) in [5.41, 5.74) is 0.361. The van der Waals surface area contributed by atoms with Gasteiger partial charge in [0.05, 0.1) is 25.4 Å². The summed E-state index contributed by atoms with van der Waals surface area (Å²) in [6, 6.07) is 0. The molecule has 1 aromatic rings. The van der Waals surface area contributed by atoms with E-state index in [1.165, 1.54) is 6.20 Å². The number of hydrogen-bond acceptors (Lipinski definition) is 5. The van der Waals surface area contributed by atoms with Crippen LogP contribution >= 0.6 is 0 Å². The molecule has 0 saturated carbocycles. The Balaban J connectivity index is 1.64. The molecule has 1 spiro atoms. The fourth-order valence-electron chi connectivity index (χ4n) is 3.06. The Labute approximate surface area is 118 Å². The summed E-state index contributed by atoms with van der Waals surface area (Å²) >= 11 is 0. The number of ether oxygens (including phenoxy) is 2. The van der Waals surface area contributed by atoms with Gasteiger partial charge < -0.3 is 18.9 Å². The number of carbonyl (C=O) groups is 1. The largest absolute Gasteiger partial charge is 0.381 e. The summed E-state index contributed by atoms with van der Waals surface area (Å²) in [5, 5.41) is 3.71. The average Bonchev–Trinajstić information content (AvgIpc) is 2.92. The van der Waals surface area contributed by atoms with Crippen molar-refractivity contribution in [1.29, 1.82) is 0 Å². The molecule has 2 saturated heterocycles. The van der Waals surface area contributed by atoms with Gasteiger partial charge in [0.15, 0.2) is 0 Å². The number of amides is 1. The number of aromatic nitrogens is 1. The highest BCUT2D eigenvalue weighted by Crippen LogP contribution is 2.36. The van der Waals surface area contributed by atoms with E-state index in [1.54, 1.807) is 12.0 Å². The molecule has 1 amide bonds. The minimum absolute atomic E-state index is 0.0168. The SMILES string of the molecule is CCc1oncc1C(=O)N1CC2(CC(OC)CCO2)C1. The minimum atomic E-state index is -0.210. The zero-order valence-electron chi connectivity index (χ0n) is 11.9. The maximum Gasteiger partial charge on any atom is 0.259 e. The van der Waals surface area contributed by atoms with Gasteiger partial charge in [-0.25, -0.2) is 0 Å². The number of nitrogens with zero attached hydrogens (tertiary/aromatic N) is 2. The highest BCUT2D eigenvalue weighted by molar-refractivity contribution is 5.95. The van der Waals surface area contributed by atoms with Crippen molar-refractivity contribution in [3.8, 4) is 0 Å². The molecule has 3 heterocycles. The van der Waals surface area contributed by atoms with Crippen LogP contribution in [0.1, 0.15) is 35.9 Å². The first kappa shape index (κ1) is 13.6. The van der Waals surface area contributed by atoms with E-state index in [9.17, 15) is 4.79 Å². The van der Waals surface area contributed by atoms with Crippen molar-refractivity contribution in [2.24, 2.45) is 0 Å². The van der Waals surface area contributed by atoms with Crippen LogP contribution in [0, 0.1) is 0 Å². The van der Waals surface area contributed by atoms with Crippen molar-refractivity contribution in [3.05, 3.63) is 17.5 Å². The van der Waals surface area contributed by atoms with Gasteiger partial charge >= 0.3 is 0 Å². The van der Waals surface area contributed by atoms with Gasteiger partial charge in [-0.3, -0.25) is 4.79 Å². The second kappa shape index (κ2) is 5.18. The van der Waals surface area contributed by atoms with Crippen molar-refractivity contribution in [3.63, 3.8) is 0 Å². The minimum Gasteiger partial charge on any atom is -0.381 e. The fourth-order valence-corrected chi connectivity index (χ4v) is 3.06. The summed E-state index contributed by atoms with van der Waals surface area (Å²) in [4.78, 5) is 14.2. The normalized spacial score (nSPS) is 24.7. The highest BCUT2D eigenvalue weighted by Gasteiger charge is 2.49. The molecule has 6 heteroatoms. The van der Waals surface area contributed by atoms with Gasteiger partial charge in [-0.1, -0.05) is 12.1 Å². The summed E-state index contributed by atoms with van der Waals surface area (Å²) in [7, 11) is 1.73. The topological polar surface area (TPSA) is 64.8 Å². The first-order valence-electron chi connectivity index (χ1n) is 7.07. The van der Waals surface area contributed by atoms with E-state index in [1.807, 2.05) is 6.92 Å². The van der Waals surface area contributed by atoms with Gasteiger partial charge in [0, 0.05) is 26.6 Å². The van der Waals surface area contributed by atoms with Crippen molar-refractivity contribution >= 4 is 5.91 Å². The van der Waals surface area contributed by atoms with Crippen molar-refractivity contribution < 1.29 is 18.8 Å². The smallest absolute Gasteiger partial charge is 0.259 e. The van der Waals surface area contributed by atoms with E-state index in [0.717, 1.165) is 12.8 Å². The quantitative estimate of drug-likeness (QED) is 0.834. The molecule has 1 aromatic heterocycles. The molecule has 0 aromatic carbocycles. The molecule has 1 atom stereocenters. The van der Waals surface area contributed by atoms with E-state index < -0.39 is 0 Å². The third-order valence-corrected chi connectivity index (χ3v) is 4.22. The lowest BCUT2D eigenvalue weighted by Crippen LogP contribution is -2.67. The van der Waals surface area contributed by atoms with E-state index in [4.69, 9.17) is 14.0 Å². The van der Waals surface area contributed by atoms with Crippen LogP contribution in [0.25, 0.3) is 0 Å². The molecule has 0 N–H and O–H groups in total.